The molecule has 0 saturated carbocycles. The van der Waals surface area contributed by atoms with E-state index in [-0.39, 0.29) is 0 Å². The van der Waals surface area contributed by atoms with Crippen LogP contribution in [0.15, 0.2) is 23.1 Å². The van der Waals surface area contributed by atoms with Crippen molar-refractivity contribution in [1.82, 2.24) is 9.19 Å². The van der Waals surface area contributed by atoms with Gasteiger partial charge < -0.3 is 0 Å². The number of benzene rings is 1. The maximum atomic E-state index is 12.7. The Morgan fingerprint density at radius 3 is 2.16 bits per heavy atom. The highest BCUT2D eigenvalue weighted by Crippen LogP contribution is 2.22. The third-order valence-corrected chi connectivity index (χ3v) is 5.27. The minimum Gasteiger partial charge on any atom is -0.199 e. The zero-order valence-electron chi connectivity index (χ0n) is 11.9. The maximum absolute atomic E-state index is 12.7. The summed E-state index contributed by atoms with van der Waals surface area (Å²) >= 11 is 0. The van der Waals surface area contributed by atoms with Gasteiger partial charge in [0, 0.05) is 0 Å². The fourth-order valence-electron chi connectivity index (χ4n) is 2.11. The molecule has 0 saturated heterocycles. The van der Waals surface area contributed by atoms with Crippen LogP contribution < -0.4 is 0 Å². The van der Waals surface area contributed by atoms with Crippen LogP contribution in [-0.4, -0.2) is 17.6 Å². The van der Waals surface area contributed by atoms with Crippen LogP contribution in [0.3, 0.4) is 0 Å². The Morgan fingerprint density at radius 1 is 1.05 bits per heavy atom. The lowest BCUT2D eigenvalue weighted by Gasteiger charge is -2.10. The van der Waals surface area contributed by atoms with Gasteiger partial charge in [-0.15, -0.1) is 0 Å². The van der Waals surface area contributed by atoms with Crippen molar-refractivity contribution in [3.63, 3.8) is 0 Å². The van der Waals surface area contributed by atoms with Crippen LogP contribution in [0.5, 0.6) is 0 Å². The summed E-state index contributed by atoms with van der Waals surface area (Å²) in [6, 6.07) is 5.32. The van der Waals surface area contributed by atoms with Gasteiger partial charge in [-0.25, -0.2) is 0 Å². The summed E-state index contributed by atoms with van der Waals surface area (Å²) in [6.07, 6.45) is 0. The molecule has 0 bridgehead atoms. The first-order valence-corrected chi connectivity index (χ1v) is 7.55. The van der Waals surface area contributed by atoms with Gasteiger partial charge in [-0.2, -0.15) is 17.6 Å². The molecule has 2 aromatic rings. The second kappa shape index (κ2) is 4.49. The van der Waals surface area contributed by atoms with Crippen molar-refractivity contribution < 1.29 is 8.42 Å². The number of hydrogen-bond acceptors (Lipinski definition) is 3. The smallest absolute Gasteiger partial charge is 0.199 e. The fourth-order valence-corrected chi connectivity index (χ4v) is 3.73. The molecular formula is C14H18N2O2S. The minimum absolute atomic E-state index is 0.309. The quantitative estimate of drug-likeness (QED) is 0.848. The number of aromatic nitrogens is 2. The van der Waals surface area contributed by atoms with Crippen LogP contribution >= 0.6 is 0 Å². The van der Waals surface area contributed by atoms with Crippen molar-refractivity contribution in [3.05, 3.63) is 46.3 Å². The van der Waals surface area contributed by atoms with Gasteiger partial charge in [-0.1, -0.05) is 17.7 Å². The van der Waals surface area contributed by atoms with E-state index in [1.807, 2.05) is 26.8 Å². The lowest BCUT2D eigenvalue weighted by atomic mass is 10.2. The van der Waals surface area contributed by atoms with E-state index in [1.165, 1.54) is 0 Å². The average molecular weight is 278 g/mol. The Labute approximate surface area is 114 Å². The molecule has 1 aromatic carbocycles. The van der Waals surface area contributed by atoms with E-state index in [1.54, 1.807) is 26.0 Å². The van der Waals surface area contributed by atoms with Crippen LogP contribution in [-0.2, 0) is 10.0 Å². The number of hydrogen-bond donors (Lipinski definition) is 0. The summed E-state index contributed by atoms with van der Waals surface area (Å²) in [5.74, 6) is 0. The Morgan fingerprint density at radius 2 is 1.68 bits per heavy atom. The highest BCUT2D eigenvalue weighted by molar-refractivity contribution is 7.90. The van der Waals surface area contributed by atoms with Crippen LogP contribution in [0.1, 0.15) is 28.1 Å². The van der Waals surface area contributed by atoms with Gasteiger partial charge in [0.25, 0.3) is 10.0 Å². The van der Waals surface area contributed by atoms with Crippen molar-refractivity contribution in [1.29, 1.82) is 0 Å². The third-order valence-electron chi connectivity index (χ3n) is 3.45. The van der Waals surface area contributed by atoms with E-state index in [4.69, 9.17) is 0 Å². The molecule has 0 aliphatic carbocycles. The van der Waals surface area contributed by atoms with Crippen LogP contribution in [0.4, 0.5) is 0 Å². The molecule has 19 heavy (non-hydrogen) atoms. The summed E-state index contributed by atoms with van der Waals surface area (Å²) in [6.45, 7) is 9.22. The lowest BCUT2D eigenvalue weighted by Crippen LogP contribution is -2.17. The second-order valence-electron chi connectivity index (χ2n) is 4.91. The van der Waals surface area contributed by atoms with E-state index in [9.17, 15) is 8.42 Å². The zero-order valence-corrected chi connectivity index (χ0v) is 12.7. The van der Waals surface area contributed by atoms with E-state index in [2.05, 4.69) is 5.10 Å². The predicted molar refractivity (Wildman–Crippen MR) is 74.9 cm³/mol. The SMILES string of the molecule is Cc1ccc(S(=O)(=O)n2nc(C)c(C)c2C)c(C)c1. The molecule has 1 heterocycles. The standard InChI is InChI=1S/C14H18N2O2S/c1-9-6-7-14(10(2)8-9)19(17,18)16-13(5)11(3)12(4)15-16/h6-8H,1-5H3. The molecule has 1 aromatic heterocycles. The predicted octanol–water partition coefficient (Wildman–Crippen LogP) is 2.66. The monoisotopic (exact) mass is 278 g/mol. The van der Waals surface area contributed by atoms with Gasteiger partial charge in [0.05, 0.1) is 16.3 Å². The topological polar surface area (TPSA) is 52.0 Å². The molecule has 0 radical (unpaired) electrons. The van der Waals surface area contributed by atoms with Gasteiger partial charge in [0.1, 0.15) is 0 Å². The summed E-state index contributed by atoms with van der Waals surface area (Å²) in [5.41, 5.74) is 4.10. The van der Waals surface area contributed by atoms with Crippen molar-refractivity contribution in [2.75, 3.05) is 0 Å². The summed E-state index contributed by atoms with van der Waals surface area (Å²) < 4.78 is 26.4. The molecule has 0 fully saturated rings. The molecule has 2 rings (SSSR count). The molecule has 0 aliphatic rings. The minimum atomic E-state index is -3.61. The van der Waals surface area contributed by atoms with E-state index < -0.39 is 10.0 Å². The Bertz CT molecular complexity index is 743. The molecule has 4 nitrogen and oxygen atoms in total. The number of rotatable bonds is 2. The van der Waals surface area contributed by atoms with Gasteiger partial charge in [-0.3, -0.25) is 0 Å². The van der Waals surface area contributed by atoms with Crippen LogP contribution in [0.2, 0.25) is 0 Å². The van der Waals surface area contributed by atoms with Crippen LogP contribution in [0, 0.1) is 34.6 Å². The highest BCUT2D eigenvalue weighted by atomic mass is 32.2. The first kappa shape index (κ1) is 13.8. The maximum Gasteiger partial charge on any atom is 0.283 e. The third kappa shape index (κ3) is 2.18. The van der Waals surface area contributed by atoms with Crippen molar-refractivity contribution in [2.45, 2.75) is 39.5 Å². The van der Waals surface area contributed by atoms with Crippen molar-refractivity contribution in [2.24, 2.45) is 0 Å². The van der Waals surface area contributed by atoms with Crippen molar-refractivity contribution >= 4 is 10.0 Å². The molecule has 0 unspecified atom stereocenters. The summed E-state index contributed by atoms with van der Waals surface area (Å²) in [7, 11) is -3.61. The van der Waals surface area contributed by atoms with E-state index in [0.29, 0.717) is 10.6 Å². The van der Waals surface area contributed by atoms with Crippen LogP contribution in [0.25, 0.3) is 0 Å². The average Bonchev–Trinajstić information content (AvgIpc) is 2.57. The first-order valence-electron chi connectivity index (χ1n) is 6.11. The molecular weight excluding hydrogens is 260 g/mol. The molecule has 0 N–H and O–H groups in total. The Hall–Kier alpha value is -1.62. The Balaban J connectivity index is 2.69. The second-order valence-corrected chi connectivity index (χ2v) is 6.65. The largest absolute Gasteiger partial charge is 0.283 e. The van der Waals surface area contributed by atoms with Gasteiger partial charge in [0.2, 0.25) is 0 Å². The summed E-state index contributed by atoms with van der Waals surface area (Å²) in [5, 5.41) is 4.15. The summed E-state index contributed by atoms with van der Waals surface area (Å²) in [4.78, 5) is 0.309. The van der Waals surface area contributed by atoms with Gasteiger partial charge in [-0.05, 0) is 51.8 Å². The number of nitrogens with zero attached hydrogens (tertiary/aromatic N) is 2. The molecule has 0 atom stereocenters. The molecule has 5 heteroatoms. The highest BCUT2D eigenvalue weighted by Gasteiger charge is 2.23. The van der Waals surface area contributed by atoms with E-state index in [0.717, 1.165) is 26.5 Å². The first-order chi connectivity index (χ1) is 8.75. The van der Waals surface area contributed by atoms with Gasteiger partial charge >= 0.3 is 0 Å². The molecule has 0 amide bonds. The molecule has 0 spiro atoms. The molecule has 0 aliphatic heterocycles. The fraction of sp³-hybridized carbons (Fsp3) is 0.357. The van der Waals surface area contributed by atoms with E-state index >= 15 is 0 Å². The normalized spacial score (nSPS) is 11.8. The lowest BCUT2D eigenvalue weighted by molar-refractivity contribution is 0.577. The molecule has 102 valence electrons. The van der Waals surface area contributed by atoms with Gasteiger partial charge in [0.15, 0.2) is 0 Å². The zero-order chi connectivity index (χ0) is 14.4. The number of aryl methyl sites for hydroxylation is 3. The van der Waals surface area contributed by atoms with Crippen molar-refractivity contribution in [3.8, 4) is 0 Å². The Kier molecular flexibility index (Phi) is 3.26.